The van der Waals surface area contributed by atoms with Gasteiger partial charge in [0.2, 0.25) is 0 Å². The number of allylic oxidation sites excluding steroid dienone is 1. The van der Waals surface area contributed by atoms with Crippen molar-refractivity contribution >= 4 is 11.9 Å². The predicted octanol–water partition coefficient (Wildman–Crippen LogP) is 6.70. The summed E-state index contributed by atoms with van der Waals surface area (Å²) in [4.78, 5) is 13.4. The molecular formula is C35H34O7. The van der Waals surface area contributed by atoms with E-state index in [2.05, 4.69) is 0 Å². The number of aliphatic hydroxyl groups excluding tert-OH is 1. The van der Waals surface area contributed by atoms with E-state index in [9.17, 15) is 25.2 Å². The second-order valence-corrected chi connectivity index (χ2v) is 10.5. The summed E-state index contributed by atoms with van der Waals surface area (Å²) in [5.74, 6) is -0.0662. The van der Waals surface area contributed by atoms with E-state index < -0.39 is 18.0 Å². The Morgan fingerprint density at radius 1 is 0.976 bits per heavy atom. The standard InChI is InChI=1S/C35H34O7/c1-41-31-21-32-33(35(40)34(31)29(39)18-10-22-5-3-2-4-6-22)25(20-30(42-32)24-11-16-27(37)17-12-24)19-28(38)15-9-23-7-13-26(36)14-8-23/h2-8,10-14,16-18,21,25,28,30,36-38,40H,9,15,19-20H2,1H3/t25-,28+,30+/m1/s1. The van der Waals surface area contributed by atoms with E-state index in [4.69, 9.17) is 9.47 Å². The third-order valence-electron chi connectivity index (χ3n) is 7.66. The first kappa shape index (κ1) is 28.8. The van der Waals surface area contributed by atoms with Gasteiger partial charge < -0.3 is 29.9 Å². The Bertz CT molecular complexity index is 1540. The first-order chi connectivity index (χ1) is 20.3. The molecule has 0 fully saturated rings. The summed E-state index contributed by atoms with van der Waals surface area (Å²) >= 11 is 0. The summed E-state index contributed by atoms with van der Waals surface area (Å²) in [6, 6.07) is 24.7. The van der Waals surface area contributed by atoms with Gasteiger partial charge in [-0.3, -0.25) is 4.79 Å². The highest BCUT2D eigenvalue weighted by molar-refractivity contribution is 6.11. The number of hydrogen-bond acceptors (Lipinski definition) is 7. The maximum absolute atomic E-state index is 13.4. The zero-order chi connectivity index (χ0) is 29.6. The molecule has 7 heteroatoms. The Morgan fingerprint density at radius 2 is 1.64 bits per heavy atom. The molecule has 0 saturated heterocycles. The van der Waals surface area contributed by atoms with Crippen molar-refractivity contribution in [3.63, 3.8) is 0 Å². The monoisotopic (exact) mass is 566 g/mol. The average molecular weight is 567 g/mol. The third kappa shape index (κ3) is 6.58. The fraction of sp³-hybridized carbons (Fsp3) is 0.229. The van der Waals surface area contributed by atoms with Crippen molar-refractivity contribution < 1.29 is 34.7 Å². The van der Waals surface area contributed by atoms with Crippen LogP contribution in [-0.2, 0) is 6.42 Å². The largest absolute Gasteiger partial charge is 0.508 e. The van der Waals surface area contributed by atoms with Crippen molar-refractivity contribution in [2.75, 3.05) is 7.11 Å². The highest BCUT2D eigenvalue weighted by Crippen LogP contribution is 2.51. The molecule has 0 amide bonds. The molecular weight excluding hydrogens is 532 g/mol. The van der Waals surface area contributed by atoms with Gasteiger partial charge in [0, 0.05) is 11.6 Å². The van der Waals surface area contributed by atoms with Gasteiger partial charge in [0.15, 0.2) is 5.78 Å². The molecule has 0 aliphatic carbocycles. The number of ketones is 1. The lowest BCUT2D eigenvalue weighted by Gasteiger charge is -2.35. The molecule has 0 aromatic heterocycles. The van der Waals surface area contributed by atoms with E-state index in [1.807, 2.05) is 42.5 Å². The van der Waals surface area contributed by atoms with Crippen LogP contribution in [0.25, 0.3) is 6.08 Å². The number of aliphatic hydroxyl groups is 1. The minimum Gasteiger partial charge on any atom is -0.508 e. The lowest BCUT2D eigenvalue weighted by molar-refractivity contribution is 0.103. The number of benzene rings is 4. The summed E-state index contributed by atoms with van der Waals surface area (Å²) in [5.41, 5.74) is 3.18. The van der Waals surface area contributed by atoms with Gasteiger partial charge in [-0.05, 0) is 78.6 Å². The van der Waals surface area contributed by atoms with Gasteiger partial charge in [0.25, 0.3) is 0 Å². The first-order valence-electron chi connectivity index (χ1n) is 13.9. The second kappa shape index (κ2) is 12.8. The number of aryl methyl sites for hydroxylation is 1. The summed E-state index contributed by atoms with van der Waals surface area (Å²) in [6.07, 6.45) is 3.85. The molecule has 216 valence electrons. The van der Waals surface area contributed by atoms with Crippen LogP contribution in [0.2, 0.25) is 0 Å². The van der Waals surface area contributed by atoms with Gasteiger partial charge in [-0.15, -0.1) is 0 Å². The molecule has 5 rings (SSSR count). The minimum atomic E-state index is -0.700. The molecule has 1 aliphatic heterocycles. The molecule has 4 N–H and O–H groups in total. The van der Waals surface area contributed by atoms with Crippen LogP contribution < -0.4 is 9.47 Å². The molecule has 0 bridgehead atoms. The zero-order valence-electron chi connectivity index (χ0n) is 23.3. The maximum atomic E-state index is 13.4. The van der Waals surface area contributed by atoms with E-state index in [0.717, 1.165) is 16.7 Å². The minimum absolute atomic E-state index is 0.0405. The van der Waals surface area contributed by atoms with E-state index >= 15 is 0 Å². The van der Waals surface area contributed by atoms with Crippen LogP contribution in [0.4, 0.5) is 0 Å². The number of aromatic hydroxyl groups is 3. The normalized spacial score (nSPS) is 16.9. The Morgan fingerprint density at radius 3 is 2.31 bits per heavy atom. The second-order valence-electron chi connectivity index (χ2n) is 10.5. The molecule has 42 heavy (non-hydrogen) atoms. The van der Waals surface area contributed by atoms with Crippen molar-refractivity contribution in [3.8, 4) is 28.7 Å². The Balaban J connectivity index is 1.47. The van der Waals surface area contributed by atoms with E-state index in [0.29, 0.717) is 37.0 Å². The number of rotatable bonds is 10. The number of methoxy groups -OCH3 is 1. The quantitative estimate of drug-likeness (QED) is 0.125. The van der Waals surface area contributed by atoms with Gasteiger partial charge in [-0.2, -0.15) is 0 Å². The summed E-state index contributed by atoms with van der Waals surface area (Å²) in [5, 5.41) is 42.0. The topological polar surface area (TPSA) is 116 Å². The molecule has 4 aromatic carbocycles. The van der Waals surface area contributed by atoms with Crippen LogP contribution in [0.3, 0.4) is 0 Å². The molecule has 0 spiro atoms. The van der Waals surface area contributed by atoms with Crippen molar-refractivity contribution in [3.05, 3.63) is 119 Å². The number of hydrogen-bond donors (Lipinski definition) is 4. The fourth-order valence-electron chi connectivity index (χ4n) is 5.47. The van der Waals surface area contributed by atoms with Crippen molar-refractivity contribution in [1.29, 1.82) is 0 Å². The first-order valence-corrected chi connectivity index (χ1v) is 13.9. The summed E-state index contributed by atoms with van der Waals surface area (Å²) < 4.78 is 11.9. The highest BCUT2D eigenvalue weighted by Gasteiger charge is 2.36. The Labute approximate surface area is 244 Å². The molecule has 4 aromatic rings. The van der Waals surface area contributed by atoms with Crippen molar-refractivity contribution in [2.45, 2.75) is 43.8 Å². The van der Waals surface area contributed by atoms with Gasteiger partial charge >= 0.3 is 0 Å². The van der Waals surface area contributed by atoms with E-state index in [1.54, 1.807) is 48.5 Å². The SMILES string of the molecule is COc1cc2c(c(O)c1C(=O)C=Cc1ccccc1)[C@H](C[C@@H](O)CCc1ccc(O)cc1)C[C@@H](c1ccc(O)cc1)O2. The number of carbonyl (C=O) groups excluding carboxylic acids is 1. The maximum Gasteiger partial charge on any atom is 0.193 e. The van der Waals surface area contributed by atoms with Gasteiger partial charge in [0.05, 0.1) is 13.2 Å². The number of carbonyl (C=O) groups is 1. The van der Waals surface area contributed by atoms with Gasteiger partial charge in [-0.25, -0.2) is 0 Å². The Kier molecular flexibility index (Phi) is 8.79. The Hall–Kier alpha value is -4.75. The third-order valence-corrected chi connectivity index (χ3v) is 7.66. The van der Waals surface area contributed by atoms with E-state index in [-0.39, 0.29) is 34.5 Å². The fourth-order valence-corrected chi connectivity index (χ4v) is 5.47. The molecule has 0 radical (unpaired) electrons. The van der Waals surface area contributed by atoms with Crippen LogP contribution >= 0.6 is 0 Å². The van der Waals surface area contributed by atoms with Crippen LogP contribution in [0.15, 0.2) is 91.0 Å². The molecule has 0 saturated carbocycles. The number of fused-ring (bicyclic) bond motifs is 1. The van der Waals surface area contributed by atoms with Crippen LogP contribution in [0, 0.1) is 0 Å². The van der Waals surface area contributed by atoms with Crippen LogP contribution in [0.1, 0.15) is 63.9 Å². The lowest BCUT2D eigenvalue weighted by Crippen LogP contribution is -2.23. The number of phenolic OH excluding ortho intramolecular Hbond substituents is 3. The van der Waals surface area contributed by atoms with Gasteiger partial charge in [0.1, 0.15) is 40.4 Å². The molecule has 0 unspecified atom stereocenters. The molecule has 1 aliphatic rings. The number of phenols is 3. The molecule has 1 heterocycles. The smallest absolute Gasteiger partial charge is 0.193 e. The number of ether oxygens (including phenoxy) is 2. The zero-order valence-corrected chi connectivity index (χ0v) is 23.3. The lowest BCUT2D eigenvalue weighted by atomic mass is 9.81. The van der Waals surface area contributed by atoms with Crippen molar-refractivity contribution in [2.24, 2.45) is 0 Å². The van der Waals surface area contributed by atoms with Gasteiger partial charge in [-0.1, -0.05) is 60.7 Å². The van der Waals surface area contributed by atoms with Crippen molar-refractivity contribution in [1.82, 2.24) is 0 Å². The molecule has 3 atom stereocenters. The summed E-state index contributed by atoms with van der Waals surface area (Å²) in [6.45, 7) is 0. The summed E-state index contributed by atoms with van der Waals surface area (Å²) in [7, 11) is 1.43. The average Bonchev–Trinajstić information content (AvgIpc) is 3.00. The van der Waals surface area contributed by atoms with Crippen LogP contribution in [-0.4, -0.2) is 39.4 Å². The van der Waals surface area contributed by atoms with Crippen LogP contribution in [0.5, 0.6) is 28.7 Å². The van der Waals surface area contributed by atoms with E-state index in [1.165, 1.54) is 13.2 Å². The predicted molar refractivity (Wildman–Crippen MR) is 160 cm³/mol. The molecule has 7 nitrogen and oxygen atoms in total. The highest BCUT2D eigenvalue weighted by atomic mass is 16.5.